The highest BCUT2D eigenvalue weighted by Crippen LogP contribution is 2.24. The van der Waals surface area contributed by atoms with Crippen LogP contribution in [-0.4, -0.2) is 37.5 Å². The van der Waals surface area contributed by atoms with Crippen LogP contribution in [0.15, 0.2) is 18.2 Å². The van der Waals surface area contributed by atoms with Crippen molar-refractivity contribution in [2.45, 2.75) is 6.10 Å². The molecule has 0 spiro atoms. The number of rotatable bonds is 5. The van der Waals surface area contributed by atoms with Crippen LogP contribution in [0.5, 0.6) is 0 Å². The number of aliphatic hydroxyl groups excluding tert-OH is 1. The number of ether oxygens (including phenoxy) is 1. The zero-order chi connectivity index (χ0) is 13.5. The Hall–Kier alpha value is -1.01. The molecule has 0 aliphatic carbocycles. The monoisotopic (exact) mass is 292 g/mol. The van der Waals surface area contributed by atoms with Crippen molar-refractivity contribution >= 4 is 34.9 Å². The lowest BCUT2D eigenvalue weighted by molar-refractivity contribution is 0.0663. The Labute approximate surface area is 115 Å². The van der Waals surface area contributed by atoms with E-state index in [0.717, 1.165) is 0 Å². The molecule has 1 unspecified atom stereocenters. The van der Waals surface area contributed by atoms with Gasteiger partial charge in [0.1, 0.15) is 0 Å². The van der Waals surface area contributed by atoms with E-state index in [1.807, 2.05) is 0 Å². The second kappa shape index (κ2) is 7.43. The molecule has 0 aliphatic heterocycles. The van der Waals surface area contributed by atoms with Crippen molar-refractivity contribution in [2.24, 2.45) is 0 Å². The predicted octanol–water partition coefficient (Wildman–Crippen LogP) is 2.12. The molecule has 18 heavy (non-hydrogen) atoms. The van der Waals surface area contributed by atoms with Gasteiger partial charge in [-0.2, -0.15) is 0 Å². The van der Waals surface area contributed by atoms with Crippen molar-refractivity contribution in [3.8, 4) is 0 Å². The first kappa shape index (κ1) is 15.0. The third-order valence-electron chi connectivity index (χ3n) is 2.03. The third-order valence-corrected chi connectivity index (χ3v) is 2.77. The lowest BCUT2D eigenvalue weighted by atomic mass is 10.3. The van der Waals surface area contributed by atoms with Gasteiger partial charge in [-0.05, 0) is 18.2 Å². The zero-order valence-electron chi connectivity index (χ0n) is 9.74. The van der Waals surface area contributed by atoms with Crippen molar-refractivity contribution in [3.63, 3.8) is 0 Å². The Balaban J connectivity index is 2.42. The average molecular weight is 293 g/mol. The molecular formula is C11H14Cl2N2O3. The van der Waals surface area contributed by atoms with Gasteiger partial charge in [-0.1, -0.05) is 23.2 Å². The maximum absolute atomic E-state index is 11.5. The summed E-state index contributed by atoms with van der Waals surface area (Å²) in [4.78, 5) is 11.5. The Kier molecular flexibility index (Phi) is 6.21. The SMILES string of the molecule is COCC(O)CNC(=O)Nc1ccc(Cl)c(Cl)c1. The summed E-state index contributed by atoms with van der Waals surface area (Å²) >= 11 is 11.6. The van der Waals surface area contributed by atoms with Crippen LogP contribution in [-0.2, 0) is 4.74 Å². The van der Waals surface area contributed by atoms with Gasteiger partial charge < -0.3 is 20.5 Å². The first-order valence-corrected chi connectivity index (χ1v) is 5.95. The third kappa shape index (κ3) is 5.10. The highest BCUT2D eigenvalue weighted by Gasteiger charge is 2.07. The van der Waals surface area contributed by atoms with E-state index >= 15 is 0 Å². The number of amides is 2. The molecule has 1 rings (SSSR count). The van der Waals surface area contributed by atoms with E-state index in [2.05, 4.69) is 10.6 Å². The summed E-state index contributed by atoms with van der Waals surface area (Å²) < 4.78 is 4.73. The maximum atomic E-state index is 11.5. The molecule has 2 amide bonds. The maximum Gasteiger partial charge on any atom is 0.319 e. The lowest BCUT2D eigenvalue weighted by Crippen LogP contribution is -2.36. The molecule has 100 valence electrons. The minimum Gasteiger partial charge on any atom is -0.389 e. The molecule has 0 radical (unpaired) electrons. The lowest BCUT2D eigenvalue weighted by Gasteiger charge is -2.12. The quantitative estimate of drug-likeness (QED) is 0.778. The van der Waals surface area contributed by atoms with Gasteiger partial charge in [-0.15, -0.1) is 0 Å². The fourth-order valence-corrected chi connectivity index (χ4v) is 1.51. The van der Waals surface area contributed by atoms with Crippen molar-refractivity contribution in [1.82, 2.24) is 5.32 Å². The Morgan fingerprint density at radius 3 is 2.78 bits per heavy atom. The summed E-state index contributed by atoms with van der Waals surface area (Å²) in [5.74, 6) is 0. The molecule has 1 aromatic carbocycles. The summed E-state index contributed by atoms with van der Waals surface area (Å²) in [6.45, 7) is 0.258. The molecule has 0 saturated carbocycles. The molecular weight excluding hydrogens is 279 g/mol. The minimum absolute atomic E-state index is 0.0982. The topological polar surface area (TPSA) is 70.6 Å². The summed E-state index contributed by atoms with van der Waals surface area (Å²) in [6.07, 6.45) is -0.741. The molecule has 1 atom stereocenters. The largest absolute Gasteiger partial charge is 0.389 e. The number of aliphatic hydroxyl groups is 1. The summed E-state index contributed by atoms with van der Waals surface area (Å²) in [7, 11) is 1.47. The normalized spacial score (nSPS) is 12.0. The van der Waals surface area contributed by atoms with E-state index in [-0.39, 0.29) is 13.2 Å². The Morgan fingerprint density at radius 2 is 2.17 bits per heavy atom. The Bertz CT molecular complexity index is 415. The number of hydrogen-bond donors (Lipinski definition) is 3. The molecule has 5 nitrogen and oxygen atoms in total. The highest BCUT2D eigenvalue weighted by atomic mass is 35.5. The van der Waals surface area contributed by atoms with Gasteiger partial charge >= 0.3 is 6.03 Å². The molecule has 0 fully saturated rings. The van der Waals surface area contributed by atoms with Crippen molar-refractivity contribution in [2.75, 3.05) is 25.6 Å². The van der Waals surface area contributed by atoms with Crippen LogP contribution in [0.1, 0.15) is 0 Å². The van der Waals surface area contributed by atoms with E-state index < -0.39 is 12.1 Å². The molecule has 1 aromatic rings. The second-order valence-electron chi connectivity index (χ2n) is 3.57. The van der Waals surface area contributed by atoms with Crippen molar-refractivity contribution < 1.29 is 14.6 Å². The molecule has 0 heterocycles. The fourth-order valence-electron chi connectivity index (χ4n) is 1.21. The number of urea groups is 1. The van der Waals surface area contributed by atoms with Crippen LogP contribution in [0.3, 0.4) is 0 Å². The molecule has 7 heteroatoms. The number of methoxy groups -OCH3 is 1. The minimum atomic E-state index is -0.741. The van der Waals surface area contributed by atoms with Crippen LogP contribution >= 0.6 is 23.2 Å². The van der Waals surface area contributed by atoms with E-state index in [1.165, 1.54) is 13.2 Å². The van der Waals surface area contributed by atoms with Crippen molar-refractivity contribution in [3.05, 3.63) is 28.2 Å². The van der Waals surface area contributed by atoms with Crippen LogP contribution in [0.2, 0.25) is 10.0 Å². The fraction of sp³-hybridized carbons (Fsp3) is 0.364. The highest BCUT2D eigenvalue weighted by molar-refractivity contribution is 6.42. The number of benzene rings is 1. The number of hydrogen-bond acceptors (Lipinski definition) is 3. The smallest absolute Gasteiger partial charge is 0.319 e. The standard InChI is InChI=1S/C11H14Cl2N2O3/c1-18-6-8(16)5-14-11(17)15-7-2-3-9(12)10(13)4-7/h2-4,8,16H,5-6H2,1H3,(H2,14,15,17). The van der Waals surface area contributed by atoms with Crippen molar-refractivity contribution in [1.29, 1.82) is 0 Å². The molecule has 0 aliphatic rings. The number of halogens is 2. The van der Waals surface area contributed by atoms with Gasteiger partial charge in [0.05, 0.1) is 22.8 Å². The predicted molar refractivity (Wildman–Crippen MR) is 71.4 cm³/mol. The van der Waals surface area contributed by atoms with E-state index in [9.17, 15) is 9.90 Å². The van der Waals surface area contributed by atoms with E-state index in [4.69, 9.17) is 27.9 Å². The van der Waals surface area contributed by atoms with Gasteiger partial charge in [0.15, 0.2) is 0 Å². The number of carbonyl (C=O) groups is 1. The second-order valence-corrected chi connectivity index (χ2v) is 4.39. The molecule has 0 saturated heterocycles. The zero-order valence-corrected chi connectivity index (χ0v) is 11.3. The number of anilines is 1. The molecule has 3 N–H and O–H groups in total. The summed E-state index contributed by atoms with van der Waals surface area (Å²) in [6, 6.07) is 4.30. The first-order valence-electron chi connectivity index (χ1n) is 5.20. The van der Waals surface area contributed by atoms with Crippen LogP contribution in [0, 0.1) is 0 Å². The number of nitrogens with one attached hydrogen (secondary N) is 2. The molecule has 0 bridgehead atoms. The van der Waals surface area contributed by atoms with Gasteiger partial charge in [0.2, 0.25) is 0 Å². The van der Waals surface area contributed by atoms with Gasteiger partial charge in [0.25, 0.3) is 0 Å². The Morgan fingerprint density at radius 1 is 1.44 bits per heavy atom. The number of carbonyl (C=O) groups excluding carboxylic acids is 1. The van der Waals surface area contributed by atoms with Gasteiger partial charge in [0, 0.05) is 19.3 Å². The van der Waals surface area contributed by atoms with Gasteiger partial charge in [-0.25, -0.2) is 4.79 Å². The van der Waals surface area contributed by atoms with Gasteiger partial charge in [-0.3, -0.25) is 0 Å². The van der Waals surface area contributed by atoms with Crippen LogP contribution in [0.4, 0.5) is 10.5 Å². The summed E-state index contributed by atoms with van der Waals surface area (Å²) in [5.41, 5.74) is 0.517. The van der Waals surface area contributed by atoms with E-state index in [1.54, 1.807) is 12.1 Å². The first-order chi connectivity index (χ1) is 8.52. The summed E-state index contributed by atoms with van der Waals surface area (Å²) in [5, 5.41) is 15.2. The van der Waals surface area contributed by atoms with Crippen LogP contribution < -0.4 is 10.6 Å². The van der Waals surface area contributed by atoms with E-state index in [0.29, 0.717) is 15.7 Å². The molecule has 0 aromatic heterocycles. The van der Waals surface area contributed by atoms with Crippen LogP contribution in [0.25, 0.3) is 0 Å². The average Bonchev–Trinajstić information content (AvgIpc) is 2.32.